The van der Waals surface area contributed by atoms with Crippen molar-refractivity contribution in [1.29, 1.82) is 0 Å². The standard InChI is InChI=1S/C14H18N2O2/c1-4-12-7-8-13(18-12)14(17)15-9-11-6-5-10(2)16(11)3/h5-8H,4,9H2,1-3H3,(H,15,17). The maximum atomic E-state index is 11.9. The Hall–Kier alpha value is -1.97. The molecule has 0 unspecified atom stereocenters. The Bertz CT molecular complexity index is 552. The van der Waals surface area contributed by atoms with Gasteiger partial charge in [0, 0.05) is 24.9 Å². The summed E-state index contributed by atoms with van der Waals surface area (Å²) in [5, 5.41) is 2.85. The molecule has 0 atom stereocenters. The van der Waals surface area contributed by atoms with Crippen LogP contribution in [0.1, 0.15) is 34.6 Å². The van der Waals surface area contributed by atoms with Crippen molar-refractivity contribution in [3.05, 3.63) is 47.2 Å². The zero-order valence-electron chi connectivity index (χ0n) is 11.0. The molecule has 18 heavy (non-hydrogen) atoms. The molecule has 2 rings (SSSR count). The number of carbonyl (C=O) groups is 1. The Morgan fingerprint density at radius 1 is 1.33 bits per heavy atom. The Balaban J connectivity index is 1.98. The number of furan rings is 1. The molecule has 0 aliphatic heterocycles. The van der Waals surface area contributed by atoms with Crippen LogP contribution in [0.5, 0.6) is 0 Å². The van der Waals surface area contributed by atoms with Gasteiger partial charge in [-0.25, -0.2) is 0 Å². The van der Waals surface area contributed by atoms with Crippen LogP contribution in [0.3, 0.4) is 0 Å². The molecule has 1 amide bonds. The van der Waals surface area contributed by atoms with Gasteiger partial charge in [0.1, 0.15) is 5.76 Å². The third-order valence-electron chi connectivity index (χ3n) is 3.14. The topological polar surface area (TPSA) is 47.2 Å². The predicted molar refractivity (Wildman–Crippen MR) is 69.4 cm³/mol. The van der Waals surface area contributed by atoms with Crippen LogP contribution in [0, 0.1) is 6.92 Å². The van der Waals surface area contributed by atoms with Gasteiger partial charge in [-0.2, -0.15) is 0 Å². The Morgan fingerprint density at radius 2 is 2.11 bits per heavy atom. The smallest absolute Gasteiger partial charge is 0.287 e. The lowest BCUT2D eigenvalue weighted by atomic mass is 10.3. The van der Waals surface area contributed by atoms with Crippen LogP contribution in [-0.4, -0.2) is 10.5 Å². The first-order chi connectivity index (χ1) is 8.61. The number of aromatic nitrogens is 1. The molecule has 0 aromatic carbocycles. The van der Waals surface area contributed by atoms with Gasteiger partial charge in [0.15, 0.2) is 5.76 Å². The molecular formula is C14H18N2O2. The minimum absolute atomic E-state index is 0.173. The van der Waals surface area contributed by atoms with E-state index in [1.807, 2.05) is 39.1 Å². The summed E-state index contributed by atoms with van der Waals surface area (Å²) in [5.74, 6) is 1.03. The van der Waals surface area contributed by atoms with Crippen LogP contribution < -0.4 is 5.32 Å². The highest BCUT2D eigenvalue weighted by Crippen LogP contribution is 2.09. The van der Waals surface area contributed by atoms with Crippen LogP contribution in [0.15, 0.2) is 28.7 Å². The average Bonchev–Trinajstić information content (AvgIpc) is 2.96. The van der Waals surface area contributed by atoms with E-state index >= 15 is 0 Å². The lowest BCUT2D eigenvalue weighted by molar-refractivity contribution is 0.0920. The highest BCUT2D eigenvalue weighted by molar-refractivity contribution is 5.91. The molecule has 0 aliphatic rings. The van der Waals surface area contributed by atoms with Gasteiger partial charge >= 0.3 is 0 Å². The van der Waals surface area contributed by atoms with E-state index in [2.05, 4.69) is 9.88 Å². The monoisotopic (exact) mass is 246 g/mol. The third-order valence-corrected chi connectivity index (χ3v) is 3.14. The molecule has 0 aliphatic carbocycles. The summed E-state index contributed by atoms with van der Waals surface area (Å²) in [6.45, 7) is 4.53. The van der Waals surface area contributed by atoms with Gasteiger partial charge in [-0.3, -0.25) is 4.79 Å². The summed E-state index contributed by atoms with van der Waals surface area (Å²) in [5.41, 5.74) is 2.24. The van der Waals surface area contributed by atoms with Crippen molar-refractivity contribution in [2.24, 2.45) is 7.05 Å². The minimum Gasteiger partial charge on any atom is -0.456 e. The maximum absolute atomic E-state index is 11.9. The van der Waals surface area contributed by atoms with E-state index < -0.39 is 0 Å². The van der Waals surface area contributed by atoms with Crippen LogP contribution >= 0.6 is 0 Å². The molecule has 2 heterocycles. The van der Waals surface area contributed by atoms with Crippen molar-refractivity contribution in [1.82, 2.24) is 9.88 Å². The zero-order valence-corrected chi connectivity index (χ0v) is 11.0. The summed E-state index contributed by atoms with van der Waals surface area (Å²) in [6.07, 6.45) is 0.796. The molecule has 0 saturated heterocycles. The molecule has 0 saturated carbocycles. The molecule has 0 fully saturated rings. The van der Waals surface area contributed by atoms with E-state index in [0.717, 1.165) is 17.9 Å². The lowest BCUT2D eigenvalue weighted by Gasteiger charge is -2.06. The molecule has 0 radical (unpaired) electrons. The van der Waals surface area contributed by atoms with Crippen LogP contribution in [0.4, 0.5) is 0 Å². The van der Waals surface area contributed by atoms with Crippen LogP contribution in [0.25, 0.3) is 0 Å². The van der Waals surface area contributed by atoms with Gasteiger partial charge in [0.05, 0.1) is 6.54 Å². The largest absolute Gasteiger partial charge is 0.456 e. The summed E-state index contributed by atoms with van der Waals surface area (Å²) in [4.78, 5) is 11.9. The van der Waals surface area contributed by atoms with E-state index in [4.69, 9.17) is 4.42 Å². The third kappa shape index (κ3) is 2.47. The fourth-order valence-electron chi connectivity index (χ4n) is 1.79. The quantitative estimate of drug-likeness (QED) is 0.900. The predicted octanol–water partition coefficient (Wildman–Crippen LogP) is 2.42. The number of carbonyl (C=O) groups excluding carboxylic acids is 1. The fraction of sp³-hybridized carbons (Fsp3) is 0.357. The number of hydrogen-bond donors (Lipinski definition) is 1. The van der Waals surface area contributed by atoms with Crippen molar-refractivity contribution < 1.29 is 9.21 Å². The second kappa shape index (κ2) is 5.12. The molecule has 2 aromatic heterocycles. The first-order valence-electron chi connectivity index (χ1n) is 6.10. The van der Waals surface area contributed by atoms with E-state index in [-0.39, 0.29) is 5.91 Å². The first kappa shape index (κ1) is 12.5. The number of nitrogens with zero attached hydrogens (tertiary/aromatic N) is 1. The maximum Gasteiger partial charge on any atom is 0.287 e. The zero-order chi connectivity index (χ0) is 13.1. The van der Waals surface area contributed by atoms with E-state index in [1.165, 1.54) is 5.69 Å². The highest BCUT2D eigenvalue weighted by atomic mass is 16.3. The number of rotatable bonds is 4. The van der Waals surface area contributed by atoms with Gasteiger partial charge in [0.2, 0.25) is 0 Å². The second-order valence-electron chi connectivity index (χ2n) is 4.33. The van der Waals surface area contributed by atoms with Gasteiger partial charge < -0.3 is 14.3 Å². The number of nitrogens with one attached hydrogen (secondary N) is 1. The Kier molecular flexibility index (Phi) is 3.55. The van der Waals surface area contributed by atoms with Crippen molar-refractivity contribution in [2.45, 2.75) is 26.8 Å². The lowest BCUT2D eigenvalue weighted by Crippen LogP contribution is -2.23. The number of aryl methyl sites for hydroxylation is 2. The molecule has 4 heteroatoms. The van der Waals surface area contributed by atoms with Crippen LogP contribution in [-0.2, 0) is 20.0 Å². The number of hydrogen-bond acceptors (Lipinski definition) is 2. The Morgan fingerprint density at radius 3 is 2.67 bits per heavy atom. The summed E-state index contributed by atoms with van der Waals surface area (Å²) in [6, 6.07) is 7.59. The van der Waals surface area contributed by atoms with Crippen molar-refractivity contribution in [2.75, 3.05) is 0 Å². The van der Waals surface area contributed by atoms with Crippen molar-refractivity contribution in [3.8, 4) is 0 Å². The molecule has 4 nitrogen and oxygen atoms in total. The van der Waals surface area contributed by atoms with Crippen LogP contribution in [0.2, 0.25) is 0 Å². The molecule has 0 bridgehead atoms. The van der Waals surface area contributed by atoms with Gasteiger partial charge in [-0.15, -0.1) is 0 Å². The van der Waals surface area contributed by atoms with E-state index in [9.17, 15) is 4.79 Å². The molecule has 1 N–H and O–H groups in total. The van der Waals surface area contributed by atoms with E-state index in [0.29, 0.717) is 12.3 Å². The molecule has 0 spiro atoms. The molecule has 2 aromatic rings. The first-order valence-corrected chi connectivity index (χ1v) is 6.10. The molecular weight excluding hydrogens is 228 g/mol. The fourth-order valence-corrected chi connectivity index (χ4v) is 1.79. The highest BCUT2D eigenvalue weighted by Gasteiger charge is 2.11. The summed E-state index contributed by atoms with van der Waals surface area (Å²) >= 11 is 0. The number of amides is 1. The Labute approximate surface area is 107 Å². The minimum atomic E-state index is -0.173. The summed E-state index contributed by atoms with van der Waals surface area (Å²) in [7, 11) is 1.99. The van der Waals surface area contributed by atoms with Gasteiger partial charge in [-0.05, 0) is 31.2 Å². The average molecular weight is 246 g/mol. The second-order valence-corrected chi connectivity index (χ2v) is 4.33. The van der Waals surface area contributed by atoms with Gasteiger partial charge in [-0.1, -0.05) is 6.92 Å². The van der Waals surface area contributed by atoms with Crippen molar-refractivity contribution in [3.63, 3.8) is 0 Å². The normalized spacial score (nSPS) is 10.6. The molecule has 96 valence electrons. The van der Waals surface area contributed by atoms with Gasteiger partial charge in [0.25, 0.3) is 5.91 Å². The SMILES string of the molecule is CCc1ccc(C(=O)NCc2ccc(C)n2C)o1. The summed E-state index contributed by atoms with van der Waals surface area (Å²) < 4.78 is 7.46. The van der Waals surface area contributed by atoms with E-state index in [1.54, 1.807) is 6.07 Å². The van der Waals surface area contributed by atoms with Crippen molar-refractivity contribution >= 4 is 5.91 Å².